The van der Waals surface area contributed by atoms with Gasteiger partial charge < -0.3 is 10.5 Å². The maximum atomic E-state index is 6.19. The number of nitrogens with zero attached hydrogens (tertiary/aromatic N) is 1. The van der Waals surface area contributed by atoms with E-state index >= 15 is 0 Å². The zero-order chi connectivity index (χ0) is 11.4. The molecule has 0 saturated carbocycles. The smallest absolute Gasteiger partial charge is 0.0608 e. The third-order valence-electron chi connectivity index (χ3n) is 2.84. The van der Waals surface area contributed by atoms with Crippen LogP contribution in [0.25, 0.3) is 0 Å². The van der Waals surface area contributed by atoms with Crippen molar-refractivity contribution in [1.82, 2.24) is 4.98 Å². The predicted octanol–water partition coefficient (Wildman–Crippen LogP) is 1.99. The summed E-state index contributed by atoms with van der Waals surface area (Å²) in [4.78, 5) is 4.05. The summed E-state index contributed by atoms with van der Waals surface area (Å²) in [7, 11) is 0. The van der Waals surface area contributed by atoms with E-state index in [1.807, 2.05) is 24.2 Å². The number of nitrogens with two attached hydrogens (primary N) is 1. The molecule has 1 aromatic rings. The molecule has 0 radical (unpaired) electrons. The lowest BCUT2D eigenvalue weighted by molar-refractivity contribution is 0.0452. The first-order chi connectivity index (χ1) is 7.81. The normalized spacial score (nSPS) is 20.1. The Bertz CT molecular complexity index is 316. The second-order valence-corrected chi connectivity index (χ2v) is 5.52. The molecule has 0 aromatic carbocycles. The molecule has 0 spiro atoms. The van der Waals surface area contributed by atoms with Gasteiger partial charge in [-0.3, -0.25) is 4.98 Å². The first-order valence-electron chi connectivity index (χ1n) is 5.70. The highest BCUT2D eigenvalue weighted by Gasteiger charge is 2.27. The van der Waals surface area contributed by atoms with Crippen LogP contribution < -0.4 is 5.73 Å². The highest BCUT2D eigenvalue weighted by molar-refractivity contribution is 8.00. The molecule has 0 aliphatic carbocycles. The summed E-state index contributed by atoms with van der Waals surface area (Å²) in [6.07, 6.45) is 4.67. The van der Waals surface area contributed by atoms with Crippen LogP contribution in [0.1, 0.15) is 24.2 Å². The standard InChI is InChI=1S/C12H18N2OS/c1-2-11(13)12(16-10-7-15-8-10)9-3-5-14-6-4-9/h3-6,10-12H,2,7-8,13H2,1H3. The molecule has 0 amide bonds. The largest absolute Gasteiger partial charge is 0.379 e. The number of hydrogen-bond acceptors (Lipinski definition) is 4. The van der Waals surface area contributed by atoms with Crippen LogP contribution in [-0.2, 0) is 4.74 Å². The second kappa shape index (κ2) is 5.66. The maximum absolute atomic E-state index is 6.19. The Hall–Kier alpha value is -0.580. The average molecular weight is 238 g/mol. The van der Waals surface area contributed by atoms with Crippen molar-refractivity contribution in [2.24, 2.45) is 5.73 Å². The van der Waals surface area contributed by atoms with Crippen molar-refractivity contribution in [3.8, 4) is 0 Å². The topological polar surface area (TPSA) is 48.1 Å². The Morgan fingerprint density at radius 2 is 2.19 bits per heavy atom. The van der Waals surface area contributed by atoms with Crippen LogP contribution in [0, 0.1) is 0 Å². The summed E-state index contributed by atoms with van der Waals surface area (Å²) < 4.78 is 5.21. The van der Waals surface area contributed by atoms with Crippen LogP contribution in [-0.4, -0.2) is 29.5 Å². The minimum absolute atomic E-state index is 0.202. The third-order valence-corrected chi connectivity index (χ3v) is 4.41. The monoisotopic (exact) mass is 238 g/mol. The van der Waals surface area contributed by atoms with E-state index in [0.29, 0.717) is 10.5 Å². The van der Waals surface area contributed by atoms with Crippen LogP contribution in [0.2, 0.25) is 0 Å². The molecule has 2 heterocycles. The van der Waals surface area contributed by atoms with E-state index in [2.05, 4.69) is 24.0 Å². The van der Waals surface area contributed by atoms with Crippen LogP contribution in [0.15, 0.2) is 24.5 Å². The Morgan fingerprint density at radius 3 is 2.69 bits per heavy atom. The Balaban J connectivity index is 2.07. The van der Waals surface area contributed by atoms with Crippen LogP contribution >= 0.6 is 11.8 Å². The molecule has 2 rings (SSSR count). The Kier molecular flexibility index (Phi) is 4.21. The van der Waals surface area contributed by atoms with Crippen molar-refractivity contribution in [3.63, 3.8) is 0 Å². The first-order valence-corrected chi connectivity index (χ1v) is 6.64. The predicted molar refractivity (Wildman–Crippen MR) is 67.4 cm³/mol. The van der Waals surface area contributed by atoms with Crippen molar-refractivity contribution in [2.75, 3.05) is 13.2 Å². The van der Waals surface area contributed by atoms with Gasteiger partial charge in [-0.1, -0.05) is 6.92 Å². The number of aromatic nitrogens is 1. The van der Waals surface area contributed by atoms with Gasteiger partial charge in [0, 0.05) is 23.7 Å². The van der Waals surface area contributed by atoms with Gasteiger partial charge in [0.05, 0.1) is 18.5 Å². The van der Waals surface area contributed by atoms with Gasteiger partial charge in [-0.25, -0.2) is 0 Å². The summed E-state index contributed by atoms with van der Waals surface area (Å²) in [6.45, 7) is 3.86. The highest BCUT2D eigenvalue weighted by atomic mass is 32.2. The maximum Gasteiger partial charge on any atom is 0.0608 e. The van der Waals surface area contributed by atoms with Gasteiger partial charge in [-0.15, -0.1) is 11.8 Å². The molecule has 1 aliphatic rings. The molecule has 3 nitrogen and oxygen atoms in total. The fraction of sp³-hybridized carbons (Fsp3) is 0.583. The molecule has 1 aromatic heterocycles. The fourth-order valence-corrected chi connectivity index (χ4v) is 3.17. The van der Waals surface area contributed by atoms with Crippen molar-refractivity contribution >= 4 is 11.8 Å². The molecule has 4 heteroatoms. The molecule has 2 atom stereocenters. The van der Waals surface area contributed by atoms with E-state index in [1.165, 1.54) is 5.56 Å². The molecule has 16 heavy (non-hydrogen) atoms. The molecule has 88 valence electrons. The number of ether oxygens (including phenoxy) is 1. The van der Waals surface area contributed by atoms with Crippen molar-refractivity contribution in [3.05, 3.63) is 30.1 Å². The van der Waals surface area contributed by atoms with Gasteiger partial charge in [0.15, 0.2) is 0 Å². The average Bonchev–Trinajstić information content (AvgIpc) is 2.28. The molecular formula is C12H18N2OS. The van der Waals surface area contributed by atoms with Gasteiger partial charge in [0.1, 0.15) is 0 Å². The van der Waals surface area contributed by atoms with E-state index in [1.54, 1.807) is 0 Å². The number of rotatable bonds is 5. The minimum Gasteiger partial charge on any atom is -0.379 e. The SMILES string of the molecule is CCC(N)C(SC1COC1)c1ccncc1. The molecular weight excluding hydrogens is 220 g/mol. The van der Waals surface area contributed by atoms with E-state index in [9.17, 15) is 0 Å². The summed E-state index contributed by atoms with van der Waals surface area (Å²) in [5, 5.41) is 0.970. The van der Waals surface area contributed by atoms with Gasteiger partial charge in [0.2, 0.25) is 0 Å². The first kappa shape index (κ1) is 11.9. The van der Waals surface area contributed by atoms with Gasteiger partial charge in [-0.05, 0) is 24.1 Å². The lowest BCUT2D eigenvalue weighted by atomic mass is 10.1. The minimum atomic E-state index is 0.202. The number of hydrogen-bond donors (Lipinski definition) is 1. The molecule has 2 N–H and O–H groups in total. The summed E-state index contributed by atoms with van der Waals surface area (Å²) in [5.74, 6) is 0. The zero-order valence-electron chi connectivity index (χ0n) is 9.50. The van der Waals surface area contributed by atoms with Crippen LogP contribution in [0.5, 0.6) is 0 Å². The van der Waals surface area contributed by atoms with Gasteiger partial charge in [0.25, 0.3) is 0 Å². The summed E-state index contributed by atoms with van der Waals surface area (Å²) >= 11 is 1.94. The van der Waals surface area contributed by atoms with Gasteiger partial charge in [-0.2, -0.15) is 0 Å². The van der Waals surface area contributed by atoms with Crippen LogP contribution in [0.4, 0.5) is 0 Å². The van der Waals surface area contributed by atoms with Crippen LogP contribution in [0.3, 0.4) is 0 Å². The number of pyridine rings is 1. The molecule has 2 unspecified atom stereocenters. The highest BCUT2D eigenvalue weighted by Crippen LogP contribution is 2.37. The summed E-state index contributed by atoms with van der Waals surface area (Å²) in [5.41, 5.74) is 7.47. The summed E-state index contributed by atoms with van der Waals surface area (Å²) in [6, 6.07) is 4.33. The molecule has 0 bridgehead atoms. The number of thioether (sulfide) groups is 1. The van der Waals surface area contributed by atoms with E-state index < -0.39 is 0 Å². The molecule has 1 fully saturated rings. The van der Waals surface area contributed by atoms with Crippen molar-refractivity contribution in [2.45, 2.75) is 29.9 Å². The second-order valence-electron chi connectivity index (χ2n) is 4.07. The zero-order valence-corrected chi connectivity index (χ0v) is 10.3. The molecule has 1 saturated heterocycles. The van der Waals surface area contributed by atoms with Crippen molar-refractivity contribution in [1.29, 1.82) is 0 Å². The quantitative estimate of drug-likeness (QED) is 0.852. The fourth-order valence-electron chi connectivity index (χ4n) is 1.69. The lowest BCUT2D eigenvalue weighted by Crippen LogP contribution is -2.35. The van der Waals surface area contributed by atoms with E-state index in [0.717, 1.165) is 19.6 Å². The van der Waals surface area contributed by atoms with E-state index in [4.69, 9.17) is 10.5 Å². The Morgan fingerprint density at radius 1 is 1.50 bits per heavy atom. The van der Waals surface area contributed by atoms with E-state index in [-0.39, 0.29) is 6.04 Å². The van der Waals surface area contributed by atoms with Crippen molar-refractivity contribution < 1.29 is 4.74 Å². The third kappa shape index (κ3) is 2.75. The molecule has 1 aliphatic heterocycles. The van der Waals surface area contributed by atoms with Gasteiger partial charge >= 0.3 is 0 Å². The lowest BCUT2D eigenvalue weighted by Gasteiger charge is -2.32. The Labute approximate surface area is 101 Å².